The van der Waals surface area contributed by atoms with Gasteiger partial charge in [0, 0.05) is 12.1 Å². The second-order valence-electron chi connectivity index (χ2n) is 5.42. The Morgan fingerprint density at radius 3 is 2.38 bits per heavy atom. The topological polar surface area (TPSA) is 93.7 Å². The van der Waals surface area contributed by atoms with Gasteiger partial charge in [-0.25, -0.2) is 13.1 Å². The fourth-order valence-electron chi connectivity index (χ4n) is 2.28. The van der Waals surface area contributed by atoms with Crippen molar-refractivity contribution in [1.29, 1.82) is 0 Å². The zero-order valence-electron chi connectivity index (χ0n) is 14.9. The van der Waals surface area contributed by atoms with Crippen LogP contribution in [0.15, 0.2) is 47.4 Å². The van der Waals surface area contributed by atoms with E-state index in [1.807, 2.05) is 6.92 Å². The van der Waals surface area contributed by atoms with Crippen molar-refractivity contribution in [2.75, 3.05) is 26.1 Å². The third kappa shape index (κ3) is 4.53. The molecule has 2 N–H and O–H groups in total. The van der Waals surface area contributed by atoms with Crippen LogP contribution in [0, 0.1) is 0 Å². The van der Waals surface area contributed by atoms with Gasteiger partial charge in [0.15, 0.2) is 0 Å². The lowest BCUT2D eigenvalue weighted by Gasteiger charge is -2.13. The van der Waals surface area contributed by atoms with Crippen molar-refractivity contribution in [3.05, 3.63) is 48.0 Å². The van der Waals surface area contributed by atoms with Gasteiger partial charge in [-0.2, -0.15) is 0 Å². The molecule has 8 heteroatoms. The Morgan fingerprint density at radius 1 is 1.04 bits per heavy atom. The summed E-state index contributed by atoms with van der Waals surface area (Å²) in [6, 6.07) is 11.2. The Hall–Kier alpha value is -2.58. The Morgan fingerprint density at radius 2 is 1.73 bits per heavy atom. The molecule has 0 saturated heterocycles. The highest BCUT2D eigenvalue weighted by Gasteiger charge is 2.21. The number of rotatable bonds is 8. The highest BCUT2D eigenvalue weighted by atomic mass is 32.2. The van der Waals surface area contributed by atoms with Crippen molar-refractivity contribution in [2.24, 2.45) is 0 Å². The van der Waals surface area contributed by atoms with Crippen LogP contribution < -0.4 is 19.5 Å². The van der Waals surface area contributed by atoms with Gasteiger partial charge in [0.2, 0.25) is 10.0 Å². The van der Waals surface area contributed by atoms with Crippen LogP contribution in [0.5, 0.6) is 11.5 Å². The van der Waals surface area contributed by atoms with E-state index in [-0.39, 0.29) is 16.2 Å². The minimum Gasteiger partial charge on any atom is -0.495 e. The fourth-order valence-corrected chi connectivity index (χ4v) is 3.61. The summed E-state index contributed by atoms with van der Waals surface area (Å²) in [6.45, 7) is 2.15. The first-order valence-electron chi connectivity index (χ1n) is 8.05. The van der Waals surface area contributed by atoms with Crippen molar-refractivity contribution in [3.63, 3.8) is 0 Å². The molecule has 0 radical (unpaired) electrons. The van der Waals surface area contributed by atoms with E-state index in [2.05, 4.69) is 10.0 Å². The highest BCUT2D eigenvalue weighted by molar-refractivity contribution is 7.89. The second kappa shape index (κ2) is 8.68. The molecule has 2 aromatic rings. The van der Waals surface area contributed by atoms with E-state index in [0.717, 1.165) is 0 Å². The first-order valence-corrected chi connectivity index (χ1v) is 9.53. The number of ether oxygens (including phenoxy) is 2. The first kappa shape index (κ1) is 19.7. The predicted molar refractivity (Wildman–Crippen MR) is 99.4 cm³/mol. The minimum absolute atomic E-state index is 0.0823. The second-order valence-corrected chi connectivity index (χ2v) is 7.15. The Balaban J connectivity index is 2.35. The zero-order chi connectivity index (χ0) is 19.2. The summed E-state index contributed by atoms with van der Waals surface area (Å²) in [5.74, 6) is 0.221. The number of benzene rings is 2. The molecule has 1 amide bonds. The molecule has 0 fully saturated rings. The maximum absolute atomic E-state index is 12.6. The van der Waals surface area contributed by atoms with Crippen molar-refractivity contribution >= 4 is 21.6 Å². The Kier molecular flexibility index (Phi) is 6.59. The average molecular weight is 378 g/mol. The molecule has 0 unspecified atom stereocenters. The van der Waals surface area contributed by atoms with Gasteiger partial charge < -0.3 is 14.8 Å². The summed E-state index contributed by atoms with van der Waals surface area (Å²) in [4.78, 5) is 12.5. The molecule has 0 aliphatic heterocycles. The van der Waals surface area contributed by atoms with Gasteiger partial charge in [-0.1, -0.05) is 19.1 Å². The van der Waals surface area contributed by atoms with Gasteiger partial charge >= 0.3 is 0 Å². The summed E-state index contributed by atoms with van der Waals surface area (Å²) in [7, 11) is -0.906. The standard InChI is InChI=1S/C18H22N2O5S/c1-4-11-19-26(22,23)17-12-13(9-10-16(17)25-3)18(21)20-14-7-5-6-8-15(14)24-2/h5-10,12,19H,4,11H2,1-3H3,(H,20,21). The van der Waals surface area contributed by atoms with Crippen molar-refractivity contribution < 1.29 is 22.7 Å². The van der Waals surface area contributed by atoms with Crippen LogP contribution in [0.1, 0.15) is 23.7 Å². The van der Waals surface area contributed by atoms with Crippen molar-refractivity contribution in [2.45, 2.75) is 18.2 Å². The summed E-state index contributed by atoms with van der Waals surface area (Å²) >= 11 is 0. The molecule has 2 rings (SSSR count). The molecular formula is C18H22N2O5S. The van der Waals surface area contributed by atoms with Gasteiger partial charge in [-0.15, -0.1) is 0 Å². The summed E-state index contributed by atoms with van der Waals surface area (Å²) in [6.07, 6.45) is 0.648. The molecule has 0 aliphatic rings. The largest absolute Gasteiger partial charge is 0.495 e. The molecule has 0 aromatic heterocycles. The lowest BCUT2D eigenvalue weighted by Crippen LogP contribution is -2.25. The van der Waals surface area contributed by atoms with E-state index in [0.29, 0.717) is 24.4 Å². The van der Waals surface area contributed by atoms with Gasteiger partial charge in [0.05, 0.1) is 19.9 Å². The summed E-state index contributed by atoms with van der Waals surface area (Å²) in [5, 5.41) is 2.72. The van der Waals surface area contributed by atoms with Crippen molar-refractivity contribution in [1.82, 2.24) is 4.72 Å². The number of hydrogen-bond donors (Lipinski definition) is 2. The molecule has 26 heavy (non-hydrogen) atoms. The SMILES string of the molecule is CCCNS(=O)(=O)c1cc(C(=O)Nc2ccccc2OC)ccc1OC. The lowest BCUT2D eigenvalue weighted by molar-refractivity contribution is 0.102. The van der Waals surface area contributed by atoms with Gasteiger partial charge in [0.1, 0.15) is 16.4 Å². The quantitative estimate of drug-likeness (QED) is 0.736. The molecule has 0 spiro atoms. The molecule has 140 valence electrons. The van der Waals surface area contributed by atoms with E-state index >= 15 is 0 Å². The Labute approximate surface area is 153 Å². The van der Waals surface area contributed by atoms with Crippen LogP contribution in [0.4, 0.5) is 5.69 Å². The average Bonchev–Trinajstić information content (AvgIpc) is 2.66. The summed E-state index contributed by atoms with van der Waals surface area (Å²) in [5.41, 5.74) is 0.679. The number of carbonyl (C=O) groups is 1. The molecule has 0 saturated carbocycles. The predicted octanol–water partition coefficient (Wildman–Crippen LogP) is 2.64. The number of anilines is 1. The van der Waals surface area contributed by atoms with E-state index in [9.17, 15) is 13.2 Å². The van der Waals surface area contributed by atoms with Crippen molar-refractivity contribution in [3.8, 4) is 11.5 Å². The fraction of sp³-hybridized carbons (Fsp3) is 0.278. The number of sulfonamides is 1. The molecule has 0 bridgehead atoms. The Bertz CT molecular complexity index is 881. The third-order valence-electron chi connectivity index (χ3n) is 3.61. The number of nitrogens with one attached hydrogen (secondary N) is 2. The van der Waals surface area contributed by atoms with Crippen LogP contribution in [-0.4, -0.2) is 35.1 Å². The molecule has 0 atom stereocenters. The third-order valence-corrected chi connectivity index (χ3v) is 5.09. The summed E-state index contributed by atoms with van der Waals surface area (Å²) < 4.78 is 37.7. The maximum Gasteiger partial charge on any atom is 0.255 e. The van der Waals surface area contributed by atoms with Crippen LogP contribution >= 0.6 is 0 Å². The molecule has 0 heterocycles. The van der Waals surface area contributed by atoms with Crippen LogP contribution in [0.25, 0.3) is 0 Å². The molecule has 0 aliphatic carbocycles. The maximum atomic E-state index is 12.6. The first-order chi connectivity index (χ1) is 12.4. The molecule has 2 aromatic carbocycles. The normalized spacial score (nSPS) is 11.0. The van der Waals surface area contributed by atoms with E-state index in [1.54, 1.807) is 24.3 Å². The van der Waals surface area contributed by atoms with Crippen LogP contribution in [0.2, 0.25) is 0 Å². The number of methoxy groups -OCH3 is 2. The number of para-hydroxylation sites is 2. The van der Waals surface area contributed by atoms with E-state index in [1.165, 1.54) is 32.4 Å². The minimum atomic E-state index is -3.79. The lowest BCUT2D eigenvalue weighted by atomic mass is 10.2. The number of carbonyl (C=O) groups excluding carboxylic acids is 1. The molecular weight excluding hydrogens is 356 g/mol. The van der Waals surface area contributed by atoms with Gasteiger partial charge in [0.25, 0.3) is 5.91 Å². The smallest absolute Gasteiger partial charge is 0.255 e. The highest BCUT2D eigenvalue weighted by Crippen LogP contribution is 2.27. The molecule has 7 nitrogen and oxygen atoms in total. The van der Waals surface area contributed by atoms with Gasteiger partial charge in [-0.3, -0.25) is 4.79 Å². The van der Waals surface area contributed by atoms with Gasteiger partial charge in [-0.05, 0) is 36.8 Å². The van der Waals surface area contributed by atoms with E-state index in [4.69, 9.17) is 9.47 Å². The van der Waals surface area contributed by atoms with E-state index < -0.39 is 15.9 Å². The zero-order valence-corrected chi connectivity index (χ0v) is 15.7. The van der Waals surface area contributed by atoms with Crippen LogP contribution in [-0.2, 0) is 10.0 Å². The van der Waals surface area contributed by atoms with Crippen LogP contribution in [0.3, 0.4) is 0 Å². The number of hydrogen-bond acceptors (Lipinski definition) is 5. The number of amides is 1. The monoisotopic (exact) mass is 378 g/mol.